The van der Waals surface area contributed by atoms with Crippen LogP contribution in [0, 0.1) is 0 Å². The first kappa shape index (κ1) is 10.3. The Labute approximate surface area is 101 Å². The Bertz CT molecular complexity index is 528. The molecule has 1 aromatic carbocycles. The number of rotatable bonds is 2. The Hall–Kier alpha value is -1.83. The molecule has 0 saturated carbocycles. The van der Waals surface area contributed by atoms with Gasteiger partial charge in [-0.1, -0.05) is 24.3 Å². The molecule has 86 valence electrons. The lowest BCUT2D eigenvalue weighted by molar-refractivity contribution is -0.120. The van der Waals surface area contributed by atoms with Gasteiger partial charge in [-0.05, 0) is 29.7 Å². The summed E-state index contributed by atoms with van der Waals surface area (Å²) in [7, 11) is 0. The normalized spacial score (nSPS) is 19.1. The fourth-order valence-corrected chi connectivity index (χ4v) is 2.65. The van der Waals surface area contributed by atoms with Crippen molar-refractivity contribution in [1.82, 2.24) is 4.98 Å². The van der Waals surface area contributed by atoms with Gasteiger partial charge in [0.25, 0.3) is 0 Å². The molecule has 3 rings (SSSR count). The Morgan fingerprint density at radius 3 is 2.82 bits per heavy atom. The van der Waals surface area contributed by atoms with Crippen molar-refractivity contribution in [2.45, 2.75) is 25.2 Å². The average molecular weight is 225 g/mol. The highest BCUT2D eigenvalue weighted by Gasteiger charge is 2.27. The largest absolute Gasteiger partial charge is 0.365 e. The number of aryl methyl sites for hydroxylation is 1. The van der Waals surface area contributed by atoms with Gasteiger partial charge in [-0.15, -0.1) is 0 Å². The van der Waals surface area contributed by atoms with Crippen LogP contribution in [0.25, 0.3) is 0 Å². The summed E-state index contributed by atoms with van der Waals surface area (Å²) in [5.41, 5.74) is 3.70. The molecule has 2 heteroatoms. The quantitative estimate of drug-likeness (QED) is 0.837. The number of aromatic amines is 1. The predicted octanol–water partition coefficient (Wildman–Crippen LogP) is 2.86. The van der Waals surface area contributed by atoms with Crippen LogP contribution in [-0.2, 0) is 17.6 Å². The van der Waals surface area contributed by atoms with Gasteiger partial charge in [-0.2, -0.15) is 0 Å². The molecule has 0 spiro atoms. The molecule has 1 unspecified atom stereocenters. The summed E-state index contributed by atoms with van der Waals surface area (Å²) in [6.07, 6.45) is 4.29. The lowest BCUT2D eigenvalue weighted by Crippen LogP contribution is -2.22. The zero-order chi connectivity index (χ0) is 11.7. The minimum Gasteiger partial charge on any atom is -0.365 e. The predicted molar refractivity (Wildman–Crippen MR) is 67.0 cm³/mol. The molecule has 0 saturated heterocycles. The highest BCUT2D eigenvalue weighted by molar-refractivity contribution is 5.88. The Balaban J connectivity index is 1.95. The second-order valence-corrected chi connectivity index (χ2v) is 4.62. The van der Waals surface area contributed by atoms with Crippen LogP contribution in [0.4, 0.5) is 0 Å². The van der Waals surface area contributed by atoms with E-state index in [1.807, 2.05) is 24.4 Å². The first-order chi connectivity index (χ1) is 8.34. The third-order valence-electron chi connectivity index (χ3n) is 3.55. The standard InChI is InChI=1S/C15H15NO/c17-15-8-7-11-4-1-2-6-13(11)14(15)10-12-5-3-9-16-12/h1-6,9,14,16H,7-8,10H2. The van der Waals surface area contributed by atoms with Crippen LogP contribution in [0.1, 0.15) is 29.2 Å². The zero-order valence-corrected chi connectivity index (χ0v) is 9.65. The van der Waals surface area contributed by atoms with Crippen LogP contribution in [0.2, 0.25) is 0 Å². The first-order valence-electron chi connectivity index (χ1n) is 6.07. The van der Waals surface area contributed by atoms with Gasteiger partial charge in [0.15, 0.2) is 0 Å². The monoisotopic (exact) mass is 225 g/mol. The van der Waals surface area contributed by atoms with Gasteiger partial charge in [-0.3, -0.25) is 4.79 Å². The lowest BCUT2D eigenvalue weighted by Gasteiger charge is -2.23. The van der Waals surface area contributed by atoms with Gasteiger partial charge in [0, 0.05) is 30.7 Å². The number of carbonyl (C=O) groups is 1. The summed E-state index contributed by atoms with van der Waals surface area (Å²) in [5, 5.41) is 0. The number of hydrogen-bond acceptors (Lipinski definition) is 1. The van der Waals surface area contributed by atoms with Crippen molar-refractivity contribution in [1.29, 1.82) is 0 Å². The van der Waals surface area contributed by atoms with E-state index in [-0.39, 0.29) is 5.92 Å². The number of aromatic nitrogens is 1. The number of hydrogen-bond donors (Lipinski definition) is 1. The molecule has 1 aliphatic rings. The smallest absolute Gasteiger partial charge is 0.141 e. The third kappa shape index (κ3) is 1.91. The number of ketones is 1. The van der Waals surface area contributed by atoms with E-state index < -0.39 is 0 Å². The van der Waals surface area contributed by atoms with Crippen LogP contribution in [0.15, 0.2) is 42.6 Å². The minimum atomic E-state index is 0.0404. The molecule has 0 fully saturated rings. The van der Waals surface area contributed by atoms with Crippen molar-refractivity contribution in [3.63, 3.8) is 0 Å². The van der Waals surface area contributed by atoms with Crippen LogP contribution < -0.4 is 0 Å². The molecule has 0 radical (unpaired) electrons. The maximum absolute atomic E-state index is 12.1. The molecule has 1 atom stereocenters. The van der Waals surface area contributed by atoms with Crippen LogP contribution in [-0.4, -0.2) is 10.8 Å². The summed E-state index contributed by atoms with van der Waals surface area (Å²) in [6.45, 7) is 0. The number of fused-ring (bicyclic) bond motifs is 1. The summed E-state index contributed by atoms with van der Waals surface area (Å²) in [4.78, 5) is 15.3. The molecule has 2 aromatic rings. The van der Waals surface area contributed by atoms with E-state index in [0.717, 1.165) is 18.5 Å². The van der Waals surface area contributed by atoms with Gasteiger partial charge in [0.2, 0.25) is 0 Å². The highest BCUT2D eigenvalue weighted by Crippen LogP contribution is 2.31. The number of benzene rings is 1. The molecule has 2 nitrogen and oxygen atoms in total. The topological polar surface area (TPSA) is 32.9 Å². The molecular weight excluding hydrogens is 210 g/mol. The molecule has 1 aliphatic carbocycles. The SMILES string of the molecule is O=C1CCc2ccccc2C1Cc1ccc[nH]1. The van der Waals surface area contributed by atoms with Gasteiger partial charge < -0.3 is 4.98 Å². The minimum absolute atomic E-state index is 0.0404. The molecule has 1 aromatic heterocycles. The Morgan fingerprint density at radius 1 is 1.12 bits per heavy atom. The summed E-state index contributed by atoms with van der Waals surface area (Å²) >= 11 is 0. The number of Topliss-reactive ketones (excluding diaryl/α,β-unsaturated/α-hetero) is 1. The van der Waals surface area contributed by atoms with E-state index in [9.17, 15) is 4.79 Å². The van der Waals surface area contributed by atoms with E-state index in [1.54, 1.807) is 0 Å². The number of carbonyl (C=O) groups excluding carboxylic acids is 1. The molecule has 0 amide bonds. The maximum Gasteiger partial charge on any atom is 0.141 e. The van der Waals surface area contributed by atoms with E-state index in [0.29, 0.717) is 12.2 Å². The summed E-state index contributed by atoms with van der Waals surface area (Å²) in [6, 6.07) is 12.3. The van der Waals surface area contributed by atoms with Crippen LogP contribution in [0.3, 0.4) is 0 Å². The molecule has 1 heterocycles. The molecule has 1 N–H and O–H groups in total. The average Bonchev–Trinajstić information content (AvgIpc) is 2.86. The van der Waals surface area contributed by atoms with E-state index in [4.69, 9.17) is 0 Å². The highest BCUT2D eigenvalue weighted by atomic mass is 16.1. The van der Waals surface area contributed by atoms with E-state index >= 15 is 0 Å². The van der Waals surface area contributed by atoms with Crippen molar-refractivity contribution in [3.8, 4) is 0 Å². The summed E-state index contributed by atoms with van der Waals surface area (Å²) in [5.74, 6) is 0.414. The summed E-state index contributed by atoms with van der Waals surface area (Å²) < 4.78 is 0. The Kier molecular flexibility index (Phi) is 2.56. The van der Waals surface area contributed by atoms with Gasteiger partial charge in [0.05, 0.1) is 0 Å². The molecular formula is C15H15NO. The van der Waals surface area contributed by atoms with Crippen molar-refractivity contribution < 1.29 is 4.79 Å². The van der Waals surface area contributed by atoms with Gasteiger partial charge >= 0.3 is 0 Å². The third-order valence-corrected chi connectivity index (χ3v) is 3.55. The van der Waals surface area contributed by atoms with Crippen LogP contribution >= 0.6 is 0 Å². The first-order valence-corrected chi connectivity index (χ1v) is 6.07. The fraction of sp³-hybridized carbons (Fsp3) is 0.267. The van der Waals surface area contributed by atoms with Gasteiger partial charge in [0.1, 0.15) is 5.78 Å². The van der Waals surface area contributed by atoms with E-state index in [1.165, 1.54) is 11.1 Å². The van der Waals surface area contributed by atoms with Crippen LogP contribution in [0.5, 0.6) is 0 Å². The fourth-order valence-electron chi connectivity index (χ4n) is 2.65. The number of H-pyrrole nitrogens is 1. The lowest BCUT2D eigenvalue weighted by atomic mass is 9.79. The van der Waals surface area contributed by atoms with Crippen molar-refractivity contribution in [2.24, 2.45) is 0 Å². The zero-order valence-electron chi connectivity index (χ0n) is 9.65. The van der Waals surface area contributed by atoms with Crippen molar-refractivity contribution in [3.05, 3.63) is 59.4 Å². The second kappa shape index (κ2) is 4.21. The molecule has 17 heavy (non-hydrogen) atoms. The van der Waals surface area contributed by atoms with Gasteiger partial charge in [-0.25, -0.2) is 0 Å². The number of nitrogens with one attached hydrogen (secondary N) is 1. The second-order valence-electron chi connectivity index (χ2n) is 4.62. The Morgan fingerprint density at radius 2 is 2.00 bits per heavy atom. The van der Waals surface area contributed by atoms with Crippen molar-refractivity contribution in [2.75, 3.05) is 0 Å². The van der Waals surface area contributed by atoms with Crippen molar-refractivity contribution >= 4 is 5.78 Å². The molecule has 0 aliphatic heterocycles. The maximum atomic E-state index is 12.1. The van der Waals surface area contributed by atoms with E-state index in [2.05, 4.69) is 23.2 Å². The molecule has 0 bridgehead atoms.